The number of hydrogen-bond donors (Lipinski definition) is 2. The molecule has 0 aliphatic carbocycles. The van der Waals surface area contributed by atoms with Gasteiger partial charge in [0.15, 0.2) is 0 Å². The van der Waals surface area contributed by atoms with E-state index < -0.39 is 0 Å². The second-order valence-electron chi connectivity index (χ2n) is 6.86. The average Bonchev–Trinajstić information content (AvgIpc) is 3.05. The molecule has 5 nitrogen and oxygen atoms in total. The number of anilines is 1. The first-order valence-electron chi connectivity index (χ1n) is 9.13. The number of amides is 2. The normalized spacial score (nSPS) is 10.9. The molecule has 2 N–H and O–H groups in total. The number of halogens is 1. The van der Waals surface area contributed by atoms with Gasteiger partial charge >= 0.3 is 0 Å². The summed E-state index contributed by atoms with van der Waals surface area (Å²) in [6.07, 6.45) is 1.76. The number of hydrogen-bond acceptors (Lipinski definition) is 4. The van der Waals surface area contributed by atoms with E-state index in [1.807, 2.05) is 30.9 Å². The van der Waals surface area contributed by atoms with Crippen molar-refractivity contribution in [2.24, 2.45) is 5.92 Å². The van der Waals surface area contributed by atoms with Gasteiger partial charge in [0.2, 0.25) is 5.91 Å². The molecule has 0 atom stereocenters. The summed E-state index contributed by atoms with van der Waals surface area (Å²) in [5.74, 6) is -0.0293. The molecule has 1 heterocycles. The smallest absolute Gasteiger partial charge is 0.253 e. The number of thiophene rings is 1. The summed E-state index contributed by atoms with van der Waals surface area (Å²) < 4.78 is 0.722. The van der Waals surface area contributed by atoms with Crippen molar-refractivity contribution in [2.75, 3.05) is 25.0 Å². The van der Waals surface area contributed by atoms with E-state index in [1.54, 1.807) is 30.3 Å². The molecular formula is C21H26ClN3O2S. The van der Waals surface area contributed by atoms with E-state index in [9.17, 15) is 9.59 Å². The first-order valence-corrected chi connectivity index (χ1v) is 10.3. The van der Waals surface area contributed by atoms with Gasteiger partial charge in [-0.05, 0) is 30.2 Å². The SMILES string of the molecule is C=CCN(CC(=O)Nc1ccccc1C(=O)NCC(C)C)Cc1ccc(Cl)s1. The molecule has 0 saturated carbocycles. The maximum absolute atomic E-state index is 12.6. The predicted molar refractivity (Wildman–Crippen MR) is 117 cm³/mol. The molecule has 0 spiro atoms. The Kier molecular flexibility index (Phi) is 8.70. The molecule has 2 aromatic rings. The zero-order chi connectivity index (χ0) is 20.5. The third-order valence-corrected chi connectivity index (χ3v) is 5.10. The molecule has 0 fully saturated rings. The minimum Gasteiger partial charge on any atom is -0.352 e. The van der Waals surface area contributed by atoms with Crippen LogP contribution in [-0.4, -0.2) is 36.3 Å². The van der Waals surface area contributed by atoms with E-state index in [-0.39, 0.29) is 18.4 Å². The van der Waals surface area contributed by atoms with Gasteiger partial charge in [0.05, 0.1) is 22.1 Å². The second-order valence-corrected chi connectivity index (χ2v) is 8.66. The molecule has 0 saturated heterocycles. The third kappa shape index (κ3) is 7.11. The van der Waals surface area contributed by atoms with Crippen LogP contribution >= 0.6 is 22.9 Å². The highest BCUT2D eigenvalue weighted by molar-refractivity contribution is 7.16. The molecule has 1 aromatic heterocycles. The van der Waals surface area contributed by atoms with Crippen LogP contribution in [0.3, 0.4) is 0 Å². The van der Waals surface area contributed by atoms with Gasteiger partial charge in [0.25, 0.3) is 5.91 Å². The van der Waals surface area contributed by atoms with Gasteiger partial charge in [-0.1, -0.05) is 43.7 Å². The molecule has 0 unspecified atom stereocenters. The third-order valence-electron chi connectivity index (χ3n) is 3.88. The van der Waals surface area contributed by atoms with Crippen molar-refractivity contribution in [1.82, 2.24) is 10.2 Å². The van der Waals surface area contributed by atoms with Crippen molar-refractivity contribution in [1.29, 1.82) is 0 Å². The van der Waals surface area contributed by atoms with Crippen molar-refractivity contribution < 1.29 is 9.59 Å². The average molecular weight is 420 g/mol. The first-order chi connectivity index (χ1) is 13.4. The van der Waals surface area contributed by atoms with Crippen LogP contribution in [0.1, 0.15) is 29.1 Å². The van der Waals surface area contributed by atoms with Gasteiger partial charge in [-0.2, -0.15) is 0 Å². The summed E-state index contributed by atoms with van der Waals surface area (Å²) in [6.45, 7) is 9.76. The maximum Gasteiger partial charge on any atom is 0.253 e. The van der Waals surface area contributed by atoms with E-state index >= 15 is 0 Å². The molecule has 2 rings (SSSR count). The van der Waals surface area contributed by atoms with Crippen molar-refractivity contribution in [3.8, 4) is 0 Å². The molecule has 0 radical (unpaired) electrons. The quantitative estimate of drug-likeness (QED) is 0.560. The van der Waals surface area contributed by atoms with Crippen molar-refractivity contribution in [3.63, 3.8) is 0 Å². The molecular weight excluding hydrogens is 394 g/mol. The van der Waals surface area contributed by atoms with Crippen molar-refractivity contribution >= 4 is 40.4 Å². The summed E-state index contributed by atoms with van der Waals surface area (Å²) in [7, 11) is 0. The lowest BCUT2D eigenvalue weighted by Gasteiger charge is -2.20. The lowest BCUT2D eigenvalue weighted by Crippen LogP contribution is -2.34. The number of rotatable bonds is 10. The van der Waals surface area contributed by atoms with E-state index in [4.69, 9.17) is 11.6 Å². The molecule has 2 amide bonds. The molecule has 28 heavy (non-hydrogen) atoms. The van der Waals surface area contributed by atoms with E-state index in [1.165, 1.54) is 11.3 Å². The number of benzene rings is 1. The number of nitrogens with one attached hydrogen (secondary N) is 2. The Balaban J connectivity index is 2.02. The highest BCUT2D eigenvalue weighted by Crippen LogP contribution is 2.23. The second kappa shape index (κ2) is 11.0. The van der Waals surface area contributed by atoms with Gasteiger partial charge in [-0.15, -0.1) is 17.9 Å². The van der Waals surface area contributed by atoms with Crippen LogP contribution in [-0.2, 0) is 11.3 Å². The van der Waals surface area contributed by atoms with Crippen LogP contribution in [0.25, 0.3) is 0 Å². The summed E-state index contributed by atoms with van der Waals surface area (Å²) in [6, 6.07) is 10.8. The Labute approximate surface area is 175 Å². The number of carbonyl (C=O) groups excluding carboxylic acids is 2. The Bertz CT molecular complexity index is 819. The van der Waals surface area contributed by atoms with Crippen molar-refractivity contribution in [3.05, 3.63) is 63.8 Å². The maximum atomic E-state index is 12.6. The van der Waals surface area contributed by atoms with Gasteiger partial charge < -0.3 is 10.6 Å². The zero-order valence-electron chi connectivity index (χ0n) is 16.2. The number of nitrogens with zero attached hydrogens (tertiary/aromatic N) is 1. The highest BCUT2D eigenvalue weighted by Gasteiger charge is 2.16. The molecule has 1 aromatic carbocycles. The number of carbonyl (C=O) groups is 2. The van der Waals surface area contributed by atoms with Gasteiger partial charge in [-0.3, -0.25) is 14.5 Å². The van der Waals surface area contributed by atoms with Crippen LogP contribution in [0.15, 0.2) is 49.1 Å². The van der Waals surface area contributed by atoms with E-state index in [0.717, 1.165) is 9.21 Å². The Hall–Kier alpha value is -2.15. The zero-order valence-corrected chi connectivity index (χ0v) is 17.8. The lowest BCUT2D eigenvalue weighted by atomic mass is 10.1. The summed E-state index contributed by atoms with van der Waals surface area (Å²) >= 11 is 7.48. The predicted octanol–water partition coefficient (Wildman–Crippen LogP) is 4.41. The summed E-state index contributed by atoms with van der Waals surface area (Å²) in [4.78, 5) is 28.1. The van der Waals surface area contributed by atoms with Crippen LogP contribution < -0.4 is 10.6 Å². The Morgan fingerprint density at radius 3 is 2.64 bits per heavy atom. The fourth-order valence-corrected chi connectivity index (χ4v) is 3.73. The lowest BCUT2D eigenvalue weighted by molar-refractivity contribution is -0.117. The van der Waals surface area contributed by atoms with Gasteiger partial charge in [-0.25, -0.2) is 0 Å². The van der Waals surface area contributed by atoms with Crippen LogP contribution in [0.2, 0.25) is 4.34 Å². The fraction of sp³-hybridized carbons (Fsp3) is 0.333. The monoisotopic (exact) mass is 419 g/mol. The molecule has 7 heteroatoms. The summed E-state index contributed by atoms with van der Waals surface area (Å²) in [5, 5.41) is 5.74. The molecule has 0 aliphatic heterocycles. The summed E-state index contributed by atoms with van der Waals surface area (Å²) in [5.41, 5.74) is 0.961. The fourth-order valence-electron chi connectivity index (χ4n) is 2.60. The largest absolute Gasteiger partial charge is 0.352 e. The van der Waals surface area contributed by atoms with Crippen LogP contribution in [0.4, 0.5) is 5.69 Å². The van der Waals surface area contributed by atoms with Crippen LogP contribution in [0.5, 0.6) is 0 Å². The van der Waals surface area contributed by atoms with E-state index in [0.29, 0.717) is 36.8 Å². The molecule has 0 aliphatic rings. The topological polar surface area (TPSA) is 61.4 Å². The minimum atomic E-state index is -0.194. The van der Waals surface area contributed by atoms with Crippen LogP contribution in [0, 0.1) is 5.92 Å². The van der Waals surface area contributed by atoms with Crippen molar-refractivity contribution in [2.45, 2.75) is 20.4 Å². The molecule has 0 bridgehead atoms. The Morgan fingerprint density at radius 1 is 1.25 bits per heavy atom. The standard InChI is InChI=1S/C21H26ClN3O2S/c1-4-11-25(13-16-9-10-19(22)28-16)14-20(26)24-18-8-6-5-7-17(18)21(27)23-12-15(2)3/h4-10,15H,1,11-14H2,2-3H3,(H,23,27)(H,24,26). The Morgan fingerprint density at radius 2 is 2.00 bits per heavy atom. The first kappa shape index (κ1) is 22.1. The van der Waals surface area contributed by atoms with Gasteiger partial charge in [0, 0.05) is 24.5 Å². The van der Waals surface area contributed by atoms with Gasteiger partial charge in [0.1, 0.15) is 0 Å². The molecule has 150 valence electrons. The highest BCUT2D eigenvalue weighted by atomic mass is 35.5. The number of para-hydroxylation sites is 1. The minimum absolute atomic E-state index is 0.184. The van der Waals surface area contributed by atoms with E-state index in [2.05, 4.69) is 17.2 Å².